The zero-order chi connectivity index (χ0) is 27.2. The third kappa shape index (κ3) is 5.48. The van der Waals surface area contributed by atoms with Crippen molar-refractivity contribution in [3.63, 3.8) is 0 Å². The average molecular weight is 519 g/mol. The fraction of sp³-hybridized carbons (Fsp3) is 0.467. The van der Waals surface area contributed by atoms with Crippen LogP contribution in [0.4, 0.5) is 4.79 Å². The van der Waals surface area contributed by atoms with Gasteiger partial charge >= 0.3 is 6.09 Å². The normalized spacial score (nSPS) is 16.8. The van der Waals surface area contributed by atoms with E-state index in [9.17, 15) is 14.7 Å². The number of aliphatic hydroxyl groups excluding tert-OH is 1. The van der Waals surface area contributed by atoms with Gasteiger partial charge in [-0.25, -0.2) is 9.36 Å². The van der Waals surface area contributed by atoms with Gasteiger partial charge < -0.3 is 20.1 Å². The molecule has 5 rings (SSSR count). The van der Waals surface area contributed by atoms with Gasteiger partial charge in [0.25, 0.3) is 5.91 Å². The number of piperidine rings is 1. The van der Waals surface area contributed by atoms with Crippen molar-refractivity contribution in [1.82, 2.24) is 19.7 Å². The van der Waals surface area contributed by atoms with Gasteiger partial charge in [0.1, 0.15) is 5.60 Å². The Bertz CT molecular complexity index is 1380. The minimum absolute atomic E-state index is 0.125. The van der Waals surface area contributed by atoms with Crippen LogP contribution >= 0.6 is 0 Å². The Labute approximate surface area is 224 Å². The SMILES string of the molecule is CN(C)Cc1cc2c(c(-c3cc4cc(CN5CCC(O)CC5)ccc4n3C(=O)OC(C)(C)C)c1)C(=O)NC2. The summed E-state index contributed by atoms with van der Waals surface area (Å²) in [5, 5.41) is 13.7. The van der Waals surface area contributed by atoms with Crippen LogP contribution in [0.15, 0.2) is 36.4 Å². The van der Waals surface area contributed by atoms with Gasteiger partial charge in [-0.15, -0.1) is 0 Å². The molecule has 0 aliphatic carbocycles. The summed E-state index contributed by atoms with van der Waals surface area (Å²) in [6.07, 6.45) is 0.905. The summed E-state index contributed by atoms with van der Waals surface area (Å²) in [7, 11) is 4.02. The van der Waals surface area contributed by atoms with Crippen molar-refractivity contribution >= 4 is 22.9 Å². The molecule has 0 saturated carbocycles. The van der Waals surface area contributed by atoms with Crippen molar-refractivity contribution in [2.45, 2.75) is 65.0 Å². The highest BCUT2D eigenvalue weighted by Gasteiger charge is 2.29. The number of aromatic nitrogens is 1. The smallest absolute Gasteiger partial charge is 0.419 e. The number of fused-ring (bicyclic) bond motifs is 2. The first-order valence-electron chi connectivity index (χ1n) is 13.4. The molecule has 8 heteroatoms. The second kappa shape index (κ2) is 10.2. The summed E-state index contributed by atoms with van der Waals surface area (Å²) in [6.45, 7) is 9.27. The number of aliphatic hydroxyl groups is 1. The first-order valence-corrected chi connectivity index (χ1v) is 13.4. The molecule has 0 atom stereocenters. The van der Waals surface area contributed by atoms with E-state index < -0.39 is 11.7 Å². The Morgan fingerprint density at radius 2 is 1.84 bits per heavy atom. The second-order valence-corrected chi connectivity index (χ2v) is 11.8. The van der Waals surface area contributed by atoms with E-state index in [1.807, 2.05) is 53.1 Å². The summed E-state index contributed by atoms with van der Waals surface area (Å²) in [5.41, 5.74) is 5.25. The molecular weight excluding hydrogens is 480 g/mol. The zero-order valence-corrected chi connectivity index (χ0v) is 23.0. The van der Waals surface area contributed by atoms with E-state index in [0.717, 1.165) is 72.2 Å². The first kappa shape index (κ1) is 26.4. The van der Waals surface area contributed by atoms with Crippen LogP contribution in [0.3, 0.4) is 0 Å². The molecular formula is C30H38N4O4. The molecule has 1 fully saturated rings. The average Bonchev–Trinajstić information content (AvgIpc) is 3.39. The predicted molar refractivity (Wildman–Crippen MR) is 148 cm³/mol. The maximum Gasteiger partial charge on any atom is 0.419 e. The number of hydrogen-bond donors (Lipinski definition) is 2. The largest absolute Gasteiger partial charge is 0.443 e. The third-order valence-corrected chi connectivity index (χ3v) is 7.13. The molecule has 38 heavy (non-hydrogen) atoms. The zero-order valence-electron chi connectivity index (χ0n) is 23.0. The van der Waals surface area contributed by atoms with Gasteiger partial charge in [0.2, 0.25) is 0 Å². The van der Waals surface area contributed by atoms with Crippen LogP contribution in [-0.4, -0.2) is 70.4 Å². The van der Waals surface area contributed by atoms with Crippen molar-refractivity contribution in [3.8, 4) is 11.3 Å². The fourth-order valence-electron chi connectivity index (χ4n) is 5.50. The minimum atomic E-state index is -0.671. The van der Waals surface area contributed by atoms with E-state index in [1.54, 1.807) is 4.57 Å². The van der Waals surface area contributed by atoms with E-state index in [4.69, 9.17) is 4.74 Å². The molecule has 0 unspecified atom stereocenters. The Balaban J connectivity index is 1.64. The number of ether oxygens (including phenoxy) is 1. The van der Waals surface area contributed by atoms with Crippen molar-refractivity contribution in [3.05, 3.63) is 58.7 Å². The number of rotatable bonds is 5. The van der Waals surface area contributed by atoms with Crippen LogP contribution in [0.1, 0.15) is 60.7 Å². The van der Waals surface area contributed by atoms with Gasteiger partial charge in [0.05, 0.1) is 22.9 Å². The number of likely N-dealkylation sites (tertiary alicyclic amines) is 1. The molecule has 2 aliphatic rings. The maximum absolute atomic E-state index is 13.6. The Morgan fingerprint density at radius 1 is 1.11 bits per heavy atom. The molecule has 8 nitrogen and oxygen atoms in total. The minimum Gasteiger partial charge on any atom is -0.443 e. The highest BCUT2D eigenvalue weighted by Crippen LogP contribution is 2.36. The monoisotopic (exact) mass is 518 g/mol. The van der Waals surface area contributed by atoms with E-state index in [-0.39, 0.29) is 12.0 Å². The van der Waals surface area contributed by atoms with Crippen LogP contribution in [0.25, 0.3) is 22.2 Å². The molecule has 0 spiro atoms. The lowest BCUT2D eigenvalue weighted by molar-refractivity contribution is 0.0546. The van der Waals surface area contributed by atoms with Crippen molar-refractivity contribution < 1.29 is 19.4 Å². The molecule has 3 heterocycles. The molecule has 0 radical (unpaired) electrons. The van der Waals surface area contributed by atoms with Crippen molar-refractivity contribution in [2.75, 3.05) is 27.2 Å². The molecule has 1 amide bonds. The predicted octanol–water partition coefficient (Wildman–Crippen LogP) is 4.35. The third-order valence-electron chi connectivity index (χ3n) is 7.13. The molecule has 202 valence electrons. The fourth-order valence-corrected chi connectivity index (χ4v) is 5.50. The van der Waals surface area contributed by atoms with Crippen LogP contribution in [0, 0.1) is 0 Å². The second-order valence-electron chi connectivity index (χ2n) is 11.8. The molecule has 3 aromatic rings. The number of amides is 1. The standard InChI is InChI=1S/C30H38N4O4/c1-30(2,3)38-29(37)34-25-7-6-19(18-33-10-8-23(35)9-11-33)12-21(25)15-26(34)24-14-20(17-32(4)5)13-22-16-31-28(36)27(22)24/h6-7,12-15,23,35H,8-11,16-18H2,1-5H3,(H,31,36). The summed E-state index contributed by atoms with van der Waals surface area (Å²) in [4.78, 5) is 31.0. The number of nitrogens with one attached hydrogen (secondary N) is 1. The van der Waals surface area contributed by atoms with Crippen LogP contribution in [0.2, 0.25) is 0 Å². The van der Waals surface area contributed by atoms with Crippen LogP contribution < -0.4 is 5.32 Å². The Hall–Kier alpha value is -3.20. The van der Waals surface area contributed by atoms with Gasteiger partial charge in [0.15, 0.2) is 0 Å². The van der Waals surface area contributed by atoms with Gasteiger partial charge in [-0.1, -0.05) is 12.1 Å². The lowest BCUT2D eigenvalue weighted by Crippen LogP contribution is -2.35. The molecule has 1 aromatic heterocycles. The van der Waals surface area contributed by atoms with Crippen molar-refractivity contribution in [1.29, 1.82) is 0 Å². The van der Waals surface area contributed by atoms with Gasteiger partial charge in [-0.3, -0.25) is 9.69 Å². The van der Waals surface area contributed by atoms with Crippen LogP contribution in [-0.2, 0) is 24.4 Å². The lowest BCUT2D eigenvalue weighted by Gasteiger charge is -2.29. The number of nitrogens with zero attached hydrogens (tertiary/aromatic N) is 3. The molecule has 2 aromatic carbocycles. The maximum atomic E-state index is 13.6. The molecule has 2 N–H and O–H groups in total. The van der Waals surface area contributed by atoms with Gasteiger partial charge in [-0.05, 0) is 88.7 Å². The number of carbonyl (C=O) groups excluding carboxylic acids is 2. The number of hydrogen-bond acceptors (Lipinski definition) is 6. The highest BCUT2D eigenvalue weighted by atomic mass is 16.6. The summed E-state index contributed by atoms with van der Waals surface area (Å²) < 4.78 is 7.45. The number of carbonyl (C=O) groups is 2. The molecule has 2 aliphatic heterocycles. The molecule has 1 saturated heterocycles. The highest BCUT2D eigenvalue weighted by molar-refractivity contribution is 6.07. The quantitative estimate of drug-likeness (QED) is 0.522. The van der Waals surface area contributed by atoms with E-state index >= 15 is 0 Å². The van der Waals surface area contributed by atoms with E-state index in [2.05, 4.69) is 33.3 Å². The summed E-state index contributed by atoms with van der Waals surface area (Å²) in [6, 6.07) is 12.3. The van der Waals surface area contributed by atoms with Gasteiger partial charge in [0, 0.05) is 43.7 Å². The van der Waals surface area contributed by atoms with E-state index in [1.165, 1.54) is 0 Å². The summed E-state index contributed by atoms with van der Waals surface area (Å²) >= 11 is 0. The number of benzene rings is 2. The first-order chi connectivity index (χ1) is 18.0. The summed E-state index contributed by atoms with van der Waals surface area (Å²) in [5.74, 6) is -0.125. The van der Waals surface area contributed by atoms with Crippen LogP contribution in [0.5, 0.6) is 0 Å². The Morgan fingerprint density at radius 3 is 2.53 bits per heavy atom. The lowest BCUT2D eigenvalue weighted by atomic mass is 9.96. The van der Waals surface area contributed by atoms with Crippen molar-refractivity contribution in [2.24, 2.45) is 0 Å². The van der Waals surface area contributed by atoms with Gasteiger partial charge in [-0.2, -0.15) is 0 Å². The topological polar surface area (TPSA) is 87.0 Å². The Kier molecular flexibility index (Phi) is 7.07. The van der Waals surface area contributed by atoms with E-state index in [0.29, 0.717) is 17.8 Å². The molecule has 0 bridgehead atoms.